The fourth-order valence-corrected chi connectivity index (χ4v) is 4.08. The summed E-state index contributed by atoms with van der Waals surface area (Å²) < 4.78 is 19.3. The first-order valence-corrected chi connectivity index (χ1v) is 7.82. The SMILES string of the molecule is CNC1CC(Oc2ccc(F)c(Cl)c2)C12CCCCC2. The maximum absolute atomic E-state index is 13.2. The number of hydrogen-bond donors (Lipinski definition) is 1. The van der Waals surface area contributed by atoms with E-state index in [4.69, 9.17) is 16.3 Å². The predicted molar refractivity (Wildman–Crippen MR) is 78.8 cm³/mol. The van der Waals surface area contributed by atoms with Crippen molar-refractivity contribution in [3.05, 3.63) is 29.0 Å². The maximum Gasteiger partial charge on any atom is 0.142 e. The van der Waals surface area contributed by atoms with Gasteiger partial charge in [0.1, 0.15) is 17.7 Å². The molecule has 2 saturated carbocycles. The third-order valence-corrected chi connectivity index (χ3v) is 5.38. The van der Waals surface area contributed by atoms with Crippen LogP contribution in [0.2, 0.25) is 5.02 Å². The maximum atomic E-state index is 13.2. The van der Waals surface area contributed by atoms with Gasteiger partial charge in [0.25, 0.3) is 0 Å². The molecule has 3 rings (SSSR count). The van der Waals surface area contributed by atoms with Gasteiger partial charge < -0.3 is 10.1 Å². The van der Waals surface area contributed by atoms with Crippen molar-refractivity contribution in [1.82, 2.24) is 5.32 Å². The minimum absolute atomic E-state index is 0.129. The van der Waals surface area contributed by atoms with Crippen LogP contribution >= 0.6 is 11.6 Å². The molecule has 0 heterocycles. The lowest BCUT2D eigenvalue weighted by molar-refractivity contribution is -0.100. The fourth-order valence-electron chi connectivity index (χ4n) is 3.91. The zero-order valence-corrected chi connectivity index (χ0v) is 12.5. The van der Waals surface area contributed by atoms with Gasteiger partial charge in [-0.3, -0.25) is 0 Å². The molecule has 2 nitrogen and oxygen atoms in total. The van der Waals surface area contributed by atoms with Crippen molar-refractivity contribution in [2.24, 2.45) is 5.41 Å². The predicted octanol–water partition coefficient (Wildman–Crippen LogP) is 4.17. The molecule has 4 heteroatoms. The van der Waals surface area contributed by atoms with E-state index in [1.165, 1.54) is 38.2 Å². The molecule has 0 radical (unpaired) electrons. The van der Waals surface area contributed by atoms with E-state index in [1.54, 1.807) is 12.1 Å². The molecule has 2 aliphatic carbocycles. The molecule has 2 unspecified atom stereocenters. The van der Waals surface area contributed by atoms with Gasteiger partial charge in [-0.2, -0.15) is 0 Å². The summed E-state index contributed by atoms with van der Waals surface area (Å²) in [6, 6.07) is 5.17. The monoisotopic (exact) mass is 297 g/mol. The Labute approximate surface area is 124 Å². The smallest absolute Gasteiger partial charge is 0.142 e. The molecule has 0 bridgehead atoms. The van der Waals surface area contributed by atoms with Gasteiger partial charge in [-0.15, -0.1) is 0 Å². The first-order valence-electron chi connectivity index (χ1n) is 7.45. The Bertz CT molecular complexity index is 487. The van der Waals surface area contributed by atoms with E-state index in [9.17, 15) is 4.39 Å². The Morgan fingerprint density at radius 2 is 2.05 bits per heavy atom. The minimum Gasteiger partial charge on any atom is -0.490 e. The Morgan fingerprint density at radius 3 is 2.70 bits per heavy atom. The van der Waals surface area contributed by atoms with Crippen LogP contribution in [0.5, 0.6) is 5.75 Å². The molecule has 0 aliphatic heterocycles. The van der Waals surface area contributed by atoms with Crippen LogP contribution in [0.25, 0.3) is 0 Å². The van der Waals surface area contributed by atoms with Gasteiger partial charge in [-0.25, -0.2) is 4.39 Å². The summed E-state index contributed by atoms with van der Waals surface area (Å²) in [7, 11) is 2.03. The van der Waals surface area contributed by atoms with Crippen molar-refractivity contribution in [3.8, 4) is 5.75 Å². The molecular weight excluding hydrogens is 277 g/mol. The van der Waals surface area contributed by atoms with E-state index in [0.29, 0.717) is 11.8 Å². The van der Waals surface area contributed by atoms with E-state index in [1.807, 2.05) is 7.05 Å². The number of rotatable bonds is 3. The zero-order valence-electron chi connectivity index (χ0n) is 11.8. The van der Waals surface area contributed by atoms with E-state index in [-0.39, 0.29) is 16.5 Å². The van der Waals surface area contributed by atoms with Gasteiger partial charge in [-0.1, -0.05) is 30.9 Å². The van der Waals surface area contributed by atoms with Crippen LogP contribution in [-0.2, 0) is 0 Å². The third kappa shape index (κ3) is 2.31. The molecular formula is C16H21ClFNO. The van der Waals surface area contributed by atoms with Gasteiger partial charge in [-0.05, 0) is 32.0 Å². The first kappa shape index (κ1) is 14.2. The Kier molecular flexibility index (Phi) is 3.91. The first-order chi connectivity index (χ1) is 9.65. The summed E-state index contributed by atoms with van der Waals surface area (Å²) in [5.74, 6) is 0.286. The van der Waals surface area contributed by atoms with Gasteiger partial charge in [0, 0.05) is 23.9 Å². The second kappa shape index (κ2) is 5.53. The summed E-state index contributed by atoms with van der Waals surface area (Å²) in [5.41, 5.74) is 0.258. The third-order valence-electron chi connectivity index (χ3n) is 5.09. The van der Waals surface area contributed by atoms with E-state index in [0.717, 1.165) is 6.42 Å². The van der Waals surface area contributed by atoms with Crippen LogP contribution in [0.15, 0.2) is 18.2 Å². The van der Waals surface area contributed by atoms with E-state index in [2.05, 4.69) is 5.32 Å². The molecule has 1 aromatic carbocycles. The van der Waals surface area contributed by atoms with Crippen molar-refractivity contribution >= 4 is 11.6 Å². The van der Waals surface area contributed by atoms with Crippen molar-refractivity contribution < 1.29 is 9.13 Å². The summed E-state index contributed by atoms with van der Waals surface area (Å²) in [5, 5.41) is 3.56. The van der Waals surface area contributed by atoms with Crippen LogP contribution in [-0.4, -0.2) is 19.2 Å². The second-order valence-electron chi connectivity index (χ2n) is 6.05. The van der Waals surface area contributed by atoms with Crippen LogP contribution in [0, 0.1) is 11.2 Å². The molecule has 2 atom stereocenters. The van der Waals surface area contributed by atoms with E-state index >= 15 is 0 Å². The molecule has 2 aliphatic rings. The molecule has 1 spiro atoms. The van der Waals surface area contributed by atoms with Crippen LogP contribution in [0.4, 0.5) is 4.39 Å². The number of ether oxygens (including phenoxy) is 1. The van der Waals surface area contributed by atoms with Crippen molar-refractivity contribution in [3.63, 3.8) is 0 Å². The summed E-state index contributed by atoms with van der Waals surface area (Å²) >= 11 is 5.82. The number of halogens is 2. The lowest BCUT2D eigenvalue weighted by Gasteiger charge is -2.57. The Hall–Kier alpha value is -0.800. The summed E-state index contributed by atoms with van der Waals surface area (Å²) in [4.78, 5) is 0. The van der Waals surface area contributed by atoms with Crippen molar-refractivity contribution in [2.45, 2.75) is 50.7 Å². The molecule has 110 valence electrons. The Balaban J connectivity index is 1.75. The molecule has 0 aromatic heterocycles. The summed E-state index contributed by atoms with van der Waals surface area (Å²) in [6.07, 6.45) is 7.57. The van der Waals surface area contributed by atoms with Gasteiger partial charge in [0.15, 0.2) is 0 Å². The molecule has 0 amide bonds. The lowest BCUT2D eigenvalue weighted by Crippen LogP contribution is -2.64. The number of benzene rings is 1. The quantitative estimate of drug-likeness (QED) is 0.904. The molecule has 1 N–H and O–H groups in total. The Morgan fingerprint density at radius 1 is 1.30 bits per heavy atom. The van der Waals surface area contributed by atoms with Crippen LogP contribution in [0.3, 0.4) is 0 Å². The highest BCUT2D eigenvalue weighted by Crippen LogP contribution is 2.53. The minimum atomic E-state index is -0.395. The van der Waals surface area contributed by atoms with E-state index < -0.39 is 5.82 Å². The molecule has 20 heavy (non-hydrogen) atoms. The van der Waals surface area contributed by atoms with Gasteiger partial charge in [0.05, 0.1) is 5.02 Å². The lowest BCUT2D eigenvalue weighted by atomic mass is 9.55. The highest BCUT2D eigenvalue weighted by molar-refractivity contribution is 6.30. The van der Waals surface area contributed by atoms with Crippen molar-refractivity contribution in [1.29, 1.82) is 0 Å². The average Bonchev–Trinajstić information content (AvgIpc) is 2.47. The second-order valence-corrected chi connectivity index (χ2v) is 6.46. The van der Waals surface area contributed by atoms with Gasteiger partial charge in [0.2, 0.25) is 0 Å². The van der Waals surface area contributed by atoms with Crippen LogP contribution in [0.1, 0.15) is 38.5 Å². The summed E-state index contributed by atoms with van der Waals surface area (Å²) in [6.45, 7) is 0. The normalized spacial score (nSPS) is 28.1. The average molecular weight is 298 g/mol. The molecule has 1 aromatic rings. The molecule has 2 fully saturated rings. The molecule has 0 saturated heterocycles. The fraction of sp³-hybridized carbons (Fsp3) is 0.625. The zero-order chi connectivity index (χ0) is 14.2. The number of nitrogens with one attached hydrogen (secondary N) is 1. The standard InChI is InChI=1S/C16H21ClFNO/c1-19-14-10-15(16(14)7-3-2-4-8-16)20-11-5-6-13(18)12(17)9-11/h5-6,9,14-15,19H,2-4,7-8,10H2,1H3. The highest BCUT2D eigenvalue weighted by atomic mass is 35.5. The highest BCUT2D eigenvalue weighted by Gasteiger charge is 2.55. The van der Waals surface area contributed by atoms with Crippen LogP contribution < -0.4 is 10.1 Å². The number of hydrogen-bond acceptors (Lipinski definition) is 2. The topological polar surface area (TPSA) is 21.3 Å². The van der Waals surface area contributed by atoms with Gasteiger partial charge >= 0.3 is 0 Å². The van der Waals surface area contributed by atoms with Crippen molar-refractivity contribution in [2.75, 3.05) is 7.05 Å². The largest absolute Gasteiger partial charge is 0.490 e.